The summed E-state index contributed by atoms with van der Waals surface area (Å²) in [4.78, 5) is 7.21. The fourth-order valence-electron chi connectivity index (χ4n) is 3.90. The maximum atomic E-state index is 4.42. The number of nitrogens with one attached hydrogen (secondary N) is 1. The molecule has 0 aliphatic carbocycles. The second kappa shape index (κ2) is 6.33. The average molecular weight is 279 g/mol. The van der Waals surface area contributed by atoms with Crippen molar-refractivity contribution in [2.75, 3.05) is 13.1 Å². The molecule has 3 heterocycles. The number of thiazole rings is 1. The largest absolute Gasteiger partial charge is 0.314 e. The monoisotopic (exact) mass is 279 g/mol. The first-order valence-corrected chi connectivity index (χ1v) is 8.67. The van der Waals surface area contributed by atoms with Gasteiger partial charge in [0.05, 0.1) is 11.2 Å². The summed E-state index contributed by atoms with van der Waals surface area (Å²) in [6, 6.07) is 2.39. The van der Waals surface area contributed by atoms with E-state index in [0.717, 1.165) is 31.1 Å². The third kappa shape index (κ3) is 3.18. The lowest BCUT2D eigenvalue weighted by Gasteiger charge is -2.49. The molecule has 2 fully saturated rings. The molecule has 0 saturated carbocycles. The number of hydrogen-bond donors (Lipinski definition) is 1. The van der Waals surface area contributed by atoms with Crippen molar-refractivity contribution in [2.24, 2.45) is 0 Å². The molecule has 1 aromatic heterocycles. The Labute approximate surface area is 120 Å². The van der Waals surface area contributed by atoms with Gasteiger partial charge in [-0.05, 0) is 32.2 Å². The Balaban J connectivity index is 1.59. The van der Waals surface area contributed by atoms with Crippen molar-refractivity contribution in [3.63, 3.8) is 0 Å². The van der Waals surface area contributed by atoms with Crippen LogP contribution in [0.4, 0.5) is 0 Å². The van der Waals surface area contributed by atoms with Gasteiger partial charge in [0.25, 0.3) is 0 Å². The fourth-order valence-corrected chi connectivity index (χ4v) is 4.50. The fraction of sp³-hybridized carbons (Fsp3) is 0.800. The molecule has 3 nitrogen and oxygen atoms in total. The Kier molecular flexibility index (Phi) is 4.51. The van der Waals surface area contributed by atoms with Gasteiger partial charge in [-0.15, -0.1) is 11.3 Å². The quantitative estimate of drug-likeness (QED) is 0.898. The van der Waals surface area contributed by atoms with E-state index in [-0.39, 0.29) is 0 Å². The lowest BCUT2D eigenvalue weighted by Crippen LogP contribution is -2.56. The minimum absolute atomic E-state index is 0.760. The highest BCUT2D eigenvalue weighted by Crippen LogP contribution is 2.34. The second-order valence-corrected chi connectivity index (χ2v) is 6.65. The van der Waals surface area contributed by atoms with E-state index < -0.39 is 0 Å². The molecule has 0 amide bonds. The molecule has 0 radical (unpaired) electrons. The zero-order valence-electron chi connectivity index (χ0n) is 11.8. The molecule has 1 N–H and O–H groups in total. The van der Waals surface area contributed by atoms with Crippen LogP contribution in [0.1, 0.15) is 44.7 Å². The van der Waals surface area contributed by atoms with Crippen LogP contribution >= 0.6 is 11.3 Å². The van der Waals surface area contributed by atoms with Crippen LogP contribution in [0.25, 0.3) is 0 Å². The van der Waals surface area contributed by atoms with Crippen LogP contribution < -0.4 is 5.32 Å². The molecule has 2 atom stereocenters. The van der Waals surface area contributed by atoms with E-state index >= 15 is 0 Å². The van der Waals surface area contributed by atoms with E-state index in [0.29, 0.717) is 0 Å². The first kappa shape index (κ1) is 13.5. The molecule has 2 saturated heterocycles. The number of hydrogen-bond acceptors (Lipinski definition) is 4. The van der Waals surface area contributed by atoms with Crippen LogP contribution in [-0.4, -0.2) is 41.1 Å². The van der Waals surface area contributed by atoms with Crippen LogP contribution in [0.5, 0.6) is 0 Å². The summed E-state index contributed by atoms with van der Waals surface area (Å²) < 4.78 is 0. The van der Waals surface area contributed by atoms with Crippen molar-refractivity contribution in [2.45, 2.75) is 63.6 Å². The summed E-state index contributed by atoms with van der Waals surface area (Å²) in [5.74, 6) is 0. The predicted octanol–water partition coefficient (Wildman–Crippen LogP) is 2.68. The van der Waals surface area contributed by atoms with Gasteiger partial charge in [0.1, 0.15) is 0 Å². The van der Waals surface area contributed by atoms with Crippen LogP contribution in [0.2, 0.25) is 0 Å². The molecule has 3 rings (SSSR count). The molecule has 1 aromatic rings. The van der Waals surface area contributed by atoms with Gasteiger partial charge in [0.15, 0.2) is 0 Å². The number of nitrogens with zero attached hydrogens (tertiary/aromatic N) is 2. The predicted molar refractivity (Wildman–Crippen MR) is 80.6 cm³/mol. The summed E-state index contributed by atoms with van der Waals surface area (Å²) in [6.45, 7) is 4.55. The normalized spacial score (nSPS) is 31.5. The van der Waals surface area contributed by atoms with Gasteiger partial charge in [-0.3, -0.25) is 4.90 Å². The highest BCUT2D eigenvalue weighted by Gasteiger charge is 2.37. The van der Waals surface area contributed by atoms with Gasteiger partial charge in [0, 0.05) is 36.5 Å². The molecule has 106 valence electrons. The zero-order valence-corrected chi connectivity index (χ0v) is 12.7. The lowest BCUT2D eigenvalue weighted by molar-refractivity contribution is 0.0258. The highest BCUT2D eigenvalue weighted by molar-refractivity contribution is 7.07. The van der Waals surface area contributed by atoms with Crippen molar-refractivity contribution in [3.05, 3.63) is 16.6 Å². The van der Waals surface area contributed by atoms with Crippen LogP contribution in [0, 0.1) is 0 Å². The van der Waals surface area contributed by atoms with Gasteiger partial charge >= 0.3 is 0 Å². The minimum atomic E-state index is 0.760. The smallest absolute Gasteiger partial charge is 0.0794 e. The minimum Gasteiger partial charge on any atom is -0.314 e. The SMILES string of the molecule is CCNC1CC2CCCC(C1)N2CCc1cscn1. The third-order valence-electron chi connectivity index (χ3n) is 4.73. The van der Waals surface area contributed by atoms with Gasteiger partial charge in [0.2, 0.25) is 0 Å². The number of fused-ring (bicyclic) bond motifs is 2. The highest BCUT2D eigenvalue weighted by atomic mass is 32.1. The molecule has 2 aliphatic rings. The maximum Gasteiger partial charge on any atom is 0.0794 e. The van der Waals surface area contributed by atoms with Gasteiger partial charge in [-0.1, -0.05) is 13.3 Å². The Morgan fingerprint density at radius 2 is 2.16 bits per heavy atom. The number of piperidine rings is 2. The van der Waals surface area contributed by atoms with Gasteiger partial charge in [-0.25, -0.2) is 4.98 Å². The van der Waals surface area contributed by atoms with E-state index in [1.54, 1.807) is 11.3 Å². The molecule has 2 unspecified atom stereocenters. The molecular formula is C15H25N3S. The second-order valence-electron chi connectivity index (χ2n) is 5.93. The van der Waals surface area contributed by atoms with Crippen molar-refractivity contribution in [1.82, 2.24) is 15.2 Å². The Hall–Kier alpha value is -0.450. The molecule has 4 heteroatoms. The first-order chi connectivity index (χ1) is 9.36. The topological polar surface area (TPSA) is 28.2 Å². The number of aromatic nitrogens is 1. The van der Waals surface area contributed by atoms with Crippen LogP contribution in [0.15, 0.2) is 10.9 Å². The lowest BCUT2D eigenvalue weighted by atomic mass is 9.81. The molecular weight excluding hydrogens is 254 g/mol. The van der Waals surface area contributed by atoms with E-state index in [2.05, 4.69) is 27.5 Å². The van der Waals surface area contributed by atoms with E-state index in [1.165, 1.54) is 44.3 Å². The van der Waals surface area contributed by atoms with Gasteiger partial charge < -0.3 is 5.32 Å². The summed E-state index contributed by atoms with van der Waals surface area (Å²) in [5, 5.41) is 5.86. The molecule has 0 aromatic carbocycles. The Morgan fingerprint density at radius 1 is 1.37 bits per heavy atom. The first-order valence-electron chi connectivity index (χ1n) is 7.73. The zero-order chi connectivity index (χ0) is 13.1. The van der Waals surface area contributed by atoms with E-state index in [4.69, 9.17) is 0 Å². The molecule has 2 aliphatic heterocycles. The summed E-state index contributed by atoms with van der Waals surface area (Å²) >= 11 is 1.71. The van der Waals surface area contributed by atoms with E-state index in [1.807, 2.05) is 5.51 Å². The van der Waals surface area contributed by atoms with Crippen LogP contribution in [0.3, 0.4) is 0 Å². The van der Waals surface area contributed by atoms with Gasteiger partial charge in [-0.2, -0.15) is 0 Å². The number of rotatable bonds is 5. The maximum absolute atomic E-state index is 4.42. The van der Waals surface area contributed by atoms with Crippen molar-refractivity contribution in [1.29, 1.82) is 0 Å². The summed E-state index contributed by atoms with van der Waals surface area (Å²) in [5.41, 5.74) is 3.23. The van der Waals surface area contributed by atoms with Crippen LogP contribution in [-0.2, 0) is 6.42 Å². The molecule has 2 bridgehead atoms. The van der Waals surface area contributed by atoms with Crippen molar-refractivity contribution in [3.8, 4) is 0 Å². The van der Waals surface area contributed by atoms with E-state index in [9.17, 15) is 0 Å². The molecule has 19 heavy (non-hydrogen) atoms. The van der Waals surface area contributed by atoms with Crippen molar-refractivity contribution < 1.29 is 0 Å². The summed E-state index contributed by atoms with van der Waals surface area (Å²) in [7, 11) is 0. The average Bonchev–Trinajstić information content (AvgIpc) is 2.89. The van der Waals surface area contributed by atoms with Crippen molar-refractivity contribution >= 4 is 11.3 Å². The third-order valence-corrected chi connectivity index (χ3v) is 5.36. The Bertz CT molecular complexity index is 365. The molecule has 0 spiro atoms. The summed E-state index contributed by atoms with van der Waals surface area (Å²) in [6.07, 6.45) is 8.05. The standard InChI is InChI=1S/C15H25N3S/c1-2-16-13-8-14-4-3-5-15(9-13)18(14)7-6-12-10-19-11-17-12/h10-11,13-16H,2-9H2,1H3. The Morgan fingerprint density at radius 3 is 2.79 bits per heavy atom.